The molecule has 0 spiro atoms. The first-order chi connectivity index (χ1) is 14.5. The standard InChI is InChI=1S/C24H27N3O3S/c1-23(2)21-13-16-17(6-5-7-20(16)31(4,29)30)24(23,3)10-11-27(21)22(28)15-8-9-18-19(12-15)26-14-25-18/h5-9,12,14,21H,10-11,13H2,1-4H3,(H,25,26). The molecule has 2 unspecified atom stereocenters. The quantitative estimate of drug-likeness (QED) is 0.662. The van der Waals surface area contributed by atoms with E-state index >= 15 is 0 Å². The highest BCUT2D eigenvalue weighted by Gasteiger charge is 2.57. The molecule has 162 valence electrons. The van der Waals surface area contributed by atoms with E-state index in [1.54, 1.807) is 12.4 Å². The Balaban J connectivity index is 1.62. The number of imidazole rings is 1. The van der Waals surface area contributed by atoms with Gasteiger partial charge in [0.1, 0.15) is 0 Å². The molecule has 5 rings (SSSR count). The second-order valence-electron chi connectivity index (χ2n) is 9.71. The van der Waals surface area contributed by atoms with E-state index in [4.69, 9.17) is 0 Å². The molecule has 1 aliphatic heterocycles. The van der Waals surface area contributed by atoms with Crippen LogP contribution in [0.15, 0.2) is 47.6 Å². The van der Waals surface area contributed by atoms with Gasteiger partial charge < -0.3 is 9.88 Å². The van der Waals surface area contributed by atoms with Crippen molar-refractivity contribution in [3.8, 4) is 0 Å². The molecule has 2 atom stereocenters. The highest BCUT2D eigenvalue weighted by molar-refractivity contribution is 7.90. The summed E-state index contributed by atoms with van der Waals surface area (Å²) < 4.78 is 25.1. The van der Waals surface area contributed by atoms with Crippen LogP contribution in [0.2, 0.25) is 0 Å². The van der Waals surface area contributed by atoms with Gasteiger partial charge in [0.15, 0.2) is 9.84 Å². The van der Waals surface area contributed by atoms with E-state index in [2.05, 4.69) is 36.8 Å². The molecule has 2 bridgehead atoms. The van der Waals surface area contributed by atoms with Gasteiger partial charge >= 0.3 is 0 Å². The maximum Gasteiger partial charge on any atom is 0.254 e. The lowest BCUT2D eigenvalue weighted by molar-refractivity contribution is -0.0267. The number of likely N-dealkylation sites (tertiary alicyclic amines) is 1. The number of aromatic amines is 1. The predicted molar refractivity (Wildman–Crippen MR) is 120 cm³/mol. The number of H-pyrrole nitrogens is 1. The van der Waals surface area contributed by atoms with Gasteiger partial charge in [-0.3, -0.25) is 4.79 Å². The van der Waals surface area contributed by atoms with Crippen LogP contribution >= 0.6 is 0 Å². The molecule has 0 saturated carbocycles. The van der Waals surface area contributed by atoms with Crippen LogP contribution in [-0.2, 0) is 21.7 Å². The molecule has 1 N–H and O–H groups in total. The highest BCUT2D eigenvalue weighted by Crippen LogP contribution is 2.56. The first-order valence-electron chi connectivity index (χ1n) is 10.6. The Morgan fingerprint density at radius 1 is 1.19 bits per heavy atom. The summed E-state index contributed by atoms with van der Waals surface area (Å²) in [5.74, 6) is -0.0167. The SMILES string of the molecule is CC12CCN(C(=O)c3ccc4nc[nH]c4c3)C(Cc3c1cccc3S(C)(=O)=O)C2(C)C. The van der Waals surface area contributed by atoms with E-state index in [0.717, 1.165) is 28.6 Å². The van der Waals surface area contributed by atoms with Crippen molar-refractivity contribution in [2.75, 3.05) is 12.8 Å². The minimum atomic E-state index is -3.36. The first-order valence-corrected chi connectivity index (χ1v) is 12.5. The Labute approximate surface area is 182 Å². The van der Waals surface area contributed by atoms with Crippen molar-refractivity contribution in [3.63, 3.8) is 0 Å². The fourth-order valence-corrected chi connectivity index (χ4v) is 6.70. The summed E-state index contributed by atoms with van der Waals surface area (Å²) in [6, 6.07) is 11.1. The van der Waals surface area contributed by atoms with Crippen LogP contribution in [0.25, 0.3) is 11.0 Å². The van der Waals surface area contributed by atoms with Gasteiger partial charge in [-0.1, -0.05) is 32.9 Å². The topological polar surface area (TPSA) is 83.1 Å². The number of nitrogens with zero attached hydrogens (tertiary/aromatic N) is 2. The van der Waals surface area contributed by atoms with Crippen LogP contribution in [0.5, 0.6) is 0 Å². The Morgan fingerprint density at radius 2 is 1.97 bits per heavy atom. The van der Waals surface area contributed by atoms with Crippen LogP contribution < -0.4 is 0 Å². The van der Waals surface area contributed by atoms with Crippen LogP contribution in [0.3, 0.4) is 0 Å². The number of amides is 1. The van der Waals surface area contributed by atoms with Crippen molar-refractivity contribution in [1.29, 1.82) is 0 Å². The Kier molecular flexibility index (Phi) is 4.19. The van der Waals surface area contributed by atoms with Crippen molar-refractivity contribution in [2.45, 2.75) is 50.0 Å². The van der Waals surface area contributed by atoms with Gasteiger partial charge in [-0.05, 0) is 53.6 Å². The lowest BCUT2D eigenvalue weighted by Gasteiger charge is -2.61. The van der Waals surface area contributed by atoms with E-state index < -0.39 is 9.84 Å². The zero-order valence-electron chi connectivity index (χ0n) is 18.3. The average molecular weight is 438 g/mol. The second-order valence-corrected chi connectivity index (χ2v) is 11.7. The third-order valence-electron chi connectivity index (χ3n) is 7.94. The molecular weight excluding hydrogens is 410 g/mol. The first kappa shape index (κ1) is 20.2. The molecule has 2 aromatic carbocycles. The zero-order valence-corrected chi connectivity index (χ0v) is 19.1. The van der Waals surface area contributed by atoms with Gasteiger partial charge in [0.05, 0.1) is 22.3 Å². The Hall–Kier alpha value is -2.67. The monoisotopic (exact) mass is 437 g/mol. The number of aromatic nitrogens is 2. The van der Waals surface area contributed by atoms with Crippen LogP contribution in [0.4, 0.5) is 0 Å². The molecule has 1 aliphatic carbocycles. The molecule has 2 aliphatic rings. The van der Waals surface area contributed by atoms with Gasteiger partial charge in [-0.15, -0.1) is 0 Å². The van der Waals surface area contributed by atoms with Crippen molar-refractivity contribution >= 4 is 26.8 Å². The summed E-state index contributed by atoms with van der Waals surface area (Å²) in [6.07, 6.45) is 4.22. The summed E-state index contributed by atoms with van der Waals surface area (Å²) in [5, 5.41) is 0. The third kappa shape index (κ3) is 2.79. The summed E-state index contributed by atoms with van der Waals surface area (Å²) in [6.45, 7) is 7.30. The smallest absolute Gasteiger partial charge is 0.254 e. The normalized spacial score (nSPS) is 24.8. The van der Waals surface area contributed by atoms with E-state index in [-0.39, 0.29) is 22.8 Å². The molecule has 31 heavy (non-hydrogen) atoms. The van der Waals surface area contributed by atoms with Gasteiger partial charge in [0.25, 0.3) is 5.91 Å². The maximum absolute atomic E-state index is 13.6. The van der Waals surface area contributed by atoms with E-state index in [1.165, 1.54) is 6.26 Å². The van der Waals surface area contributed by atoms with Crippen LogP contribution in [0, 0.1) is 5.41 Å². The molecular formula is C24H27N3O3S. The summed E-state index contributed by atoms with van der Waals surface area (Å²) in [5.41, 5.74) is 3.85. The fraction of sp³-hybridized carbons (Fsp3) is 0.417. The molecule has 1 amide bonds. The summed E-state index contributed by atoms with van der Waals surface area (Å²) in [4.78, 5) is 23.3. The number of fused-ring (bicyclic) bond motifs is 5. The maximum atomic E-state index is 13.6. The zero-order chi connectivity index (χ0) is 22.2. The number of carbonyl (C=O) groups excluding carboxylic acids is 1. The molecule has 3 aromatic rings. The molecule has 0 radical (unpaired) electrons. The van der Waals surface area contributed by atoms with Gasteiger partial charge in [0.2, 0.25) is 0 Å². The number of hydrogen-bond donors (Lipinski definition) is 1. The van der Waals surface area contributed by atoms with Crippen LogP contribution in [0.1, 0.15) is 48.7 Å². The lowest BCUT2D eigenvalue weighted by atomic mass is 9.51. The predicted octanol–water partition coefficient (Wildman–Crippen LogP) is 3.72. The average Bonchev–Trinajstić information content (AvgIpc) is 3.17. The number of carbonyl (C=O) groups is 1. The summed E-state index contributed by atoms with van der Waals surface area (Å²) >= 11 is 0. The molecule has 7 heteroatoms. The fourth-order valence-electron chi connectivity index (χ4n) is 5.74. The second kappa shape index (κ2) is 6.42. The number of benzene rings is 2. The van der Waals surface area contributed by atoms with Crippen molar-refractivity contribution in [2.24, 2.45) is 5.41 Å². The number of nitrogens with one attached hydrogen (secondary N) is 1. The summed E-state index contributed by atoms with van der Waals surface area (Å²) in [7, 11) is -3.36. The van der Waals surface area contributed by atoms with Gasteiger partial charge in [0, 0.05) is 29.8 Å². The Morgan fingerprint density at radius 3 is 2.71 bits per heavy atom. The highest BCUT2D eigenvalue weighted by atomic mass is 32.2. The minimum Gasteiger partial charge on any atom is -0.345 e. The number of sulfone groups is 1. The van der Waals surface area contributed by atoms with Crippen molar-refractivity contribution in [1.82, 2.24) is 14.9 Å². The van der Waals surface area contributed by atoms with E-state index in [1.807, 2.05) is 29.2 Å². The molecule has 2 heterocycles. The largest absolute Gasteiger partial charge is 0.345 e. The van der Waals surface area contributed by atoms with Crippen molar-refractivity contribution in [3.05, 3.63) is 59.4 Å². The Bertz CT molecular complexity index is 1320. The van der Waals surface area contributed by atoms with Crippen molar-refractivity contribution < 1.29 is 13.2 Å². The number of hydrogen-bond acceptors (Lipinski definition) is 4. The number of rotatable bonds is 2. The lowest BCUT2D eigenvalue weighted by Crippen LogP contribution is -2.65. The molecule has 1 fully saturated rings. The molecule has 1 saturated heterocycles. The molecule has 6 nitrogen and oxygen atoms in total. The van der Waals surface area contributed by atoms with E-state index in [0.29, 0.717) is 23.4 Å². The third-order valence-corrected chi connectivity index (χ3v) is 9.12. The van der Waals surface area contributed by atoms with Gasteiger partial charge in [-0.25, -0.2) is 13.4 Å². The van der Waals surface area contributed by atoms with E-state index in [9.17, 15) is 13.2 Å². The number of piperidine rings is 1. The molecule has 1 aromatic heterocycles. The minimum absolute atomic E-state index is 0.0167. The van der Waals surface area contributed by atoms with Crippen LogP contribution in [-0.4, -0.2) is 48.0 Å². The van der Waals surface area contributed by atoms with Gasteiger partial charge in [-0.2, -0.15) is 0 Å².